The van der Waals surface area contributed by atoms with Crippen LogP contribution in [0.15, 0.2) is 12.4 Å². The molecule has 0 unspecified atom stereocenters. The number of aryl methyl sites for hydroxylation is 1. The topological polar surface area (TPSA) is 90.0 Å². The lowest BCUT2D eigenvalue weighted by molar-refractivity contribution is -0.117. The van der Waals surface area contributed by atoms with E-state index in [0.717, 1.165) is 0 Å². The van der Waals surface area contributed by atoms with Crippen molar-refractivity contribution in [2.45, 2.75) is 0 Å². The van der Waals surface area contributed by atoms with Crippen LogP contribution in [0.1, 0.15) is 10.4 Å². The lowest BCUT2D eigenvalue weighted by Gasteiger charge is -1.98. The molecule has 6 nitrogen and oxygen atoms in total. The summed E-state index contributed by atoms with van der Waals surface area (Å²) in [5.74, 6) is -0.927. The van der Waals surface area contributed by atoms with Gasteiger partial charge in [0.1, 0.15) is 0 Å². The molecule has 0 saturated carbocycles. The summed E-state index contributed by atoms with van der Waals surface area (Å²) >= 11 is 0. The number of nitrogens with zero attached hydrogens (tertiary/aromatic N) is 2. The number of amides is 2. The molecule has 0 aliphatic heterocycles. The molecule has 0 bridgehead atoms. The van der Waals surface area contributed by atoms with Crippen LogP contribution in [0.25, 0.3) is 0 Å². The van der Waals surface area contributed by atoms with E-state index < -0.39 is 5.91 Å². The second-order valence-electron chi connectivity index (χ2n) is 2.55. The molecule has 0 atom stereocenters. The van der Waals surface area contributed by atoms with E-state index in [4.69, 9.17) is 5.73 Å². The highest BCUT2D eigenvalue weighted by atomic mass is 16.2. The van der Waals surface area contributed by atoms with Gasteiger partial charge in [-0.25, -0.2) is 0 Å². The van der Waals surface area contributed by atoms with Crippen molar-refractivity contribution in [3.05, 3.63) is 18.0 Å². The van der Waals surface area contributed by atoms with E-state index >= 15 is 0 Å². The Morgan fingerprint density at radius 3 is 2.85 bits per heavy atom. The van der Waals surface area contributed by atoms with Crippen molar-refractivity contribution in [2.75, 3.05) is 6.54 Å². The van der Waals surface area contributed by atoms with E-state index in [1.807, 2.05) is 0 Å². The number of carbonyl (C=O) groups excluding carboxylic acids is 2. The zero-order valence-corrected chi connectivity index (χ0v) is 7.15. The van der Waals surface area contributed by atoms with Gasteiger partial charge in [0.2, 0.25) is 5.91 Å². The number of primary amides is 1. The Labute approximate surface area is 74.7 Å². The quantitative estimate of drug-likeness (QED) is 0.604. The third kappa shape index (κ3) is 2.58. The Morgan fingerprint density at radius 2 is 2.38 bits per heavy atom. The summed E-state index contributed by atoms with van der Waals surface area (Å²) in [6.45, 7) is -0.159. The molecule has 0 aliphatic carbocycles. The number of carbonyl (C=O) groups is 2. The standard InChI is InChI=1S/C7H10N4O2/c1-11-4-5(2-10-11)7(13)9-3-6(8)12/h2,4H,3H2,1H3,(H2,8,12)(H,9,13). The molecular weight excluding hydrogens is 172 g/mol. The summed E-state index contributed by atoms with van der Waals surface area (Å²) in [5.41, 5.74) is 5.26. The summed E-state index contributed by atoms with van der Waals surface area (Å²) in [6, 6.07) is 0. The fourth-order valence-corrected chi connectivity index (χ4v) is 0.808. The summed E-state index contributed by atoms with van der Waals surface area (Å²) in [6.07, 6.45) is 2.96. The van der Waals surface area contributed by atoms with E-state index in [-0.39, 0.29) is 12.5 Å². The number of rotatable bonds is 3. The second kappa shape index (κ2) is 3.70. The second-order valence-corrected chi connectivity index (χ2v) is 2.55. The molecule has 0 aromatic carbocycles. The van der Waals surface area contributed by atoms with Crippen LogP contribution in [0.4, 0.5) is 0 Å². The zero-order chi connectivity index (χ0) is 9.84. The molecule has 70 valence electrons. The van der Waals surface area contributed by atoms with Gasteiger partial charge in [-0.05, 0) is 0 Å². The van der Waals surface area contributed by atoms with Crippen LogP contribution in [0.3, 0.4) is 0 Å². The molecule has 2 amide bonds. The van der Waals surface area contributed by atoms with Crippen molar-refractivity contribution in [1.82, 2.24) is 15.1 Å². The number of nitrogens with one attached hydrogen (secondary N) is 1. The molecule has 3 N–H and O–H groups in total. The van der Waals surface area contributed by atoms with Crippen LogP contribution in [0.5, 0.6) is 0 Å². The van der Waals surface area contributed by atoms with Crippen LogP contribution < -0.4 is 11.1 Å². The molecule has 1 heterocycles. The van der Waals surface area contributed by atoms with E-state index in [2.05, 4.69) is 10.4 Å². The first-order valence-corrected chi connectivity index (χ1v) is 3.64. The maximum absolute atomic E-state index is 11.2. The largest absolute Gasteiger partial charge is 0.368 e. The number of aromatic nitrogens is 2. The van der Waals surface area contributed by atoms with Crippen LogP contribution in [-0.2, 0) is 11.8 Å². The van der Waals surface area contributed by atoms with Gasteiger partial charge < -0.3 is 11.1 Å². The molecule has 0 saturated heterocycles. The van der Waals surface area contributed by atoms with Gasteiger partial charge in [-0.2, -0.15) is 5.10 Å². The maximum Gasteiger partial charge on any atom is 0.254 e. The Bertz CT molecular complexity index is 331. The lowest BCUT2D eigenvalue weighted by Crippen LogP contribution is -2.33. The molecule has 1 rings (SSSR count). The maximum atomic E-state index is 11.2. The van der Waals surface area contributed by atoms with Crippen molar-refractivity contribution >= 4 is 11.8 Å². The van der Waals surface area contributed by atoms with E-state index in [1.165, 1.54) is 10.9 Å². The van der Waals surface area contributed by atoms with Gasteiger partial charge in [0, 0.05) is 13.2 Å². The predicted molar refractivity (Wildman–Crippen MR) is 44.7 cm³/mol. The molecule has 13 heavy (non-hydrogen) atoms. The molecule has 0 spiro atoms. The van der Waals surface area contributed by atoms with Crippen molar-refractivity contribution in [2.24, 2.45) is 12.8 Å². The molecular formula is C7H10N4O2. The third-order valence-electron chi connectivity index (χ3n) is 1.39. The smallest absolute Gasteiger partial charge is 0.254 e. The Balaban J connectivity index is 2.54. The number of hydrogen-bond donors (Lipinski definition) is 2. The first-order chi connectivity index (χ1) is 6.09. The van der Waals surface area contributed by atoms with E-state index in [1.54, 1.807) is 13.2 Å². The van der Waals surface area contributed by atoms with Crippen molar-refractivity contribution < 1.29 is 9.59 Å². The molecule has 1 aromatic heterocycles. The molecule has 6 heteroatoms. The Hall–Kier alpha value is -1.85. The van der Waals surface area contributed by atoms with Gasteiger partial charge >= 0.3 is 0 Å². The van der Waals surface area contributed by atoms with E-state index in [0.29, 0.717) is 5.56 Å². The van der Waals surface area contributed by atoms with Gasteiger partial charge in [-0.1, -0.05) is 0 Å². The molecule has 1 aromatic rings. The first kappa shape index (κ1) is 9.24. The van der Waals surface area contributed by atoms with Crippen LogP contribution in [-0.4, -0.2) is 28.1 Å². The van der Waals surface area contributed by atoms with Gasteiger partial charge in [0.05, 0.1) is 18.3 Å². The summed E-state index contributed by atoms with van der Waals surface area (Å²) in [4.78, 5) is 21.5. The molecule has 0 radical (unpaired) electrons. The minimum absolute atomic E-state index is 0.159. The van der Waals surface area contributed by atoms with E-state index in [9.17, 15) is 9.59 Å². The molecule has 0 aliphatic rings. The average Bonchev–Trinajstić information content (AvgIpc) is 2.47. The van der Waals surface area contributed by atoms with Crippen molar-refractivity contribution in [3.63, 3.8) is 0 Å². The average molecular weight is 182 g/mol. The van der Waals surface area contributed by atoms with Gasteiger partial charge in [0.15, 0.2) is 0 Å². The lowest BCUT2D eigenvalue weighted by atomic mass is 10.3. The SMILES string of the molecule is Cn1cc(C(=O)NCC(N)=O)cn1. The summed E-state index contributed by atoms with van der Waals surface area (Å²) < 4.78 is 1.50. The Morgan fingerprint density at radius 1 is 1.69 bits per heavy atom. The first-order valence-electron chi connectivity index (χ1n) is 3.64. The van der Waals surface area contributed by atoms with Gasteiger partial charge in [-0.3, -0.25) is 14.3 Å². The fraction of sp³-hybridized carbons (Fsp3) is 0.286. The number of hydrogen-bond acceptors (Lipinski definition) is 3. The normalized spacial score (nSPS) is 9.62. The fourth-order valence-electron chi connectivity index (χ4n) is 0.808. The van der Waals surface area contributed by atoms with Crippen LogP contribution >= 0.6 is 0 Å². The van der Waals surface area contributed by atoms with Crippen molar-refractivity contribution in [1.29, 1.82) is 0 Å². The van der Waals surface area contributed by atoms with Gasteiger partial charge in [-0.15, -0.1) is 0 Å². The highest BCUT2D eigenvalue weighted by molar-refractivity contribution is 5.95. The zero-order valence-electron chi connectivity index (χ0n) is 7.15. The summed E-state index contributed by atoms with van der Waals surface area (Å²) in [7, 11) is 1.70. The van der Waals surface area contributed by atoms with Crippen molar-refractivity contribution in [3.8, 4) is 0 Å². The Kier molecular flexibility index (Phi) is 2.63. The molecule has 0 fully saturated rings. The summed E-state index contributed by atoms with van der Waals surface area (Å²) in [5, 5.41) is 6.15. The minimum Gasteiger partial charge on any atom is -0.368 e. The third-order valence-corrected chi connectivity index (χ3v) is 1.39. The predicted octanol–water partition coefficient (Wildman–Crippen LogP) is -1.36. The highest BCUT2D eigenvalue weighted by Crippen LogP contribution is 1.94. The van der Waals surface area contributed by atoms with Crippen LogP contribution in [0.2, 0.25) is 0 Å². The number of nitrogens with two attached hydrogens (primary N) is 1. The monoisotopic (exact) mass is 182 g/mol. The highest BCUT2D eigenvalue weighted by Gasteiger charge is 2.07. The van der Waals surface area contributed by atoms with Crippen LogP contribution in [0, 0.1) is 0 Å². The minimum atomic E-state index is -0.572. The van der Waals surface area contributed by atoms with Gasteiger partial charge in [0.25, 0.3) is 5.91 Å².